The molecule has 20 heavy (non-hydrogen) atoms. The molecule has 1 atom stereocenters. The average Bonchev–Trinajstić information content (AvgIpc) is 2.89. The monoisotopic (exact) mass is 351 g/mol. The van der Waals surface area contributed by atoms with Crippen LogP contribution in [0.25, 0.3) is 0 Å². The smallest absolute Gasteiger partial charge is 0.0314 e. The molecule has 0 bridgehead atoms. The van der Waals surface area contributed by atoms with Gasteiger partial charge in [0, 0.05) is 15.9 Å². The molecule has 0 saturated heterocycles. The Hall–Kier alpha value is -0.640. The summed E-state index contributed by atoms with van der Waals surface area (Å²) in [5.74, 6) is 0.594. The van der Waals surface area contributed by atoms with Gasteiger partial charge in [0.15, 0.2) is 0 Å². The zero-order valence-corrected chi connectivity index (χ0v) is 14.3. The number of benzene rings is 1. The Morgan fingerprint density at radius 3 is 2.65 bits per heavy atom. The molecular formula is C17H22BrNS. The Bertz CT molecular complexity index is 495. The highest BCUT2D eigenvalue weighted by atomic mass is 79.9. The van der Waals surface area contributed by atoms with Crippen LogP contribution in [-0.2, 0) is 6.42 Å². The van der Waals surface area contributed by atoms with Crippen molar-refractivity contribution in [1.29, 1.82) is 0 Å². The second-order valence-corrected chi connectivity index (χ2v) is 6.90. The summed E-state index contributed by atoms with van der Waals surface area (Å²) in [6.07, 6.45) is 3.53. The zero-order valence-electron chi connectivity index (χ0n) is 11.9. The molecule has 1 heterocycles. The topological polar surface area (TPSA) is 12.0 Å². The molecule has 1 unspecified atom stereocenters. The van der Waals surface area contributed by atoms with Gasteiger partial charge in [-0.3, -0.25) is 0 Å². The molecule has 0 amide bonds. The highest BCUT2D eigenvalue weighted by Crippen LogP contribution is 2.28. The second kappa shape index (κ2) is 8.60. The van der Waals surface area contributed by atoms with Crippen LogP contribution in [0.15, 0.2) is 46.3 Å². The van der Waals surface area contributed by atoms with Gasteiger partial charge in [0.05, 0.1) is 0 Å². The molecule has 1 N–H and O–H groups in total. The van der Waals surface area contributed by atoms with E-state index in [9.17, 15) is 0 Å². The quantitative estimate of drug-likeness (QED) is 0.642. The van der Waals surface area contributed by atoms with Crippen LogP contribution in [0.2, 0.25) is 0 Å². The maximum Gasteiger partial charge on any atom is 0.0314 e. The number of nitrogens with one attached hydrogen (secondary N) is 1. The second-order valence-electron chi connectivity index (χ2n) is 5.04. The SMILES string of the molecule is CCCNCC(CCc1sccc1Br)c1ccccc1. The van der Waals surface area contributed by atoms with Crippen molar-refractivity contribution in [3.05, 3.63) is 56.7 Å². The molecule has 2 rings (SSSR count). The Morgan fingerprint density at radius 1 is 1.20 bits per heavy atom. The van der Waals surface area contributed by atoms with Crippen molar-refractivity contribution < 1.29 is 0 Å². The normalized spacial score (nSPS) is 12.5. The number of rotatable bonds is 8. The van der Waals surface area contributed by atoms with Crippen molar-refractivity contribution in [3.63, 3.8) is 0 Å². The van der Waals surface area contributed by atoms with Crippen molar-refractivity contribution in [1.82, 2.24) is 5.32 Å². The van der Waals surface area contributed by atoms with Gasteiger partial charge in [-0.1, -0.05) is 37.3 Å². The summed E-state index contributed by atoms with van der Waals surface area (Å²) in [7, 11) is 0. The summed E-state index contributed by atoms with van der Waals surface area (Å²) in [6, 6.07) is 13.0. The number of aryl methyl sites for hydroxylation is 1. The molecule has 0 aliphatic heterocycles. The minimum atomic E-state index is 0.594. The summed E-state index contributed by atoms with van der Waals surface area (Å²) in [5.41, 5.74) is 1.45. The van der Waals surface area contributed by atoms with Crippen molar-refractivity contribution in [2.75, 3.05) is 13.1 Å². The van der Waals surface area contributed by atoms with E-state index in [0.717, 1.165) is 19.5 Å². The van der Waals surface area contributed by atoms with E-state index in [-0.39, 0.29) is 0 Å². The summed E-state index contributed by atoms with van der Waals surface area (Å²) >= 11 is 5.48. The molecule has 0 spiro atoms. The summed E-state index contributed by atoms with van der Waals surface area (Å²) in [6.45, 7) is 4.39. The van der Waals surface area contributed by atoms with Gasteiger partial charge in [0.2, 0.25) is 0 Å². The Labute approximate surface area is 134 Å². The van der Waals surface area contributed by atoms with Crippen molar-refractivity contribution in [3.8, 4) is 0 Å². The van der Waals surface area contributed by atoms with E-state index in [1.54, 1.807) is 0 Å². The van der Waals surface area contributed by atoms with Gasteiger partial charge in [0.25, 0.3) is 0 Å². The third kappa shape index (κ3) is 4.72. The van der Waals surface area contributed by atoms with Crippen LogP contribution in [0.3, 0.4) is 0 Å². The van der Waals surface area contributed by atoms with Crippen LogP contribution in [0.1, 0.15) is 36.1 Å². The molecule has 2 aromatic rings. The van der Waals surface area contributed by atoms with E-state index in [0.29, 0.717) is 5.92 Å². The van der Waals surface area contributed by atoms with Gasteiger partial charge in [0.1, 0.15) is 0 Å². The Kier molecular flexibility index (Phi) is 6.77. The molecule has 3 heteroatoms. The van der Waals surface area contributed by atoms with E-state index in [2.05, 4.69) is 69.9 Å². The van der Waals surface area contributed by atoms with Crippen molar-refractivity contribution in [2.24, 2.45) is 0 Å². The fourth-order valence-electron chi connectivity index (χ4n) is 2.37. The molecule has 1 aromatic heterocycles. The molecule has 1 aromatic carbocycles. The lowest BCUT2D eigenvalue weighted by Crippen LogP contribution is -2.22. The first-order chi connectivity index (χ1) is 9.81. The van der Waals surface area contributed by atoms with Gasteiger partial charge in [-0.15, -0.1) is 11.3 Å². The third-order valence-corrected chi connectivity index (χ3v) is 5.49. The Morgan fingerprint density at radius 2 is 2.00 bits per heavy atom. The summed E-state index contributed by atoms with van der Waals surface area (Å²) in [5, 5.41) is 5.73. The van der Waals surface area contributed by atoms with Crippen LogP contribution in [0, 0.1) is 0 Å². The highest BCUT2D eigenvalue weighted by Gasteiger charge is 2.12. The van der Waals surface area contributed by atoms with Gasteiger partial charge in [-0.05, 0) is 64.7 Å². The maximum absolute atomic E-state index is 3.63. The number of hydrogen-bond donors (Lipinski definition) is 1. The largest absolute Gasteiger partial charge is 0.316 e. The van der Waals surface area contributed by atoms with Gasteiger partial charge in [-0.25, -0.2) is 0 Å². The molecule has 0 saturated carbocycles. The van der Waals surface area contributed by atoms with Crippen LogP contribution in [-0.4, -0.2) is 13.1 Å². The zero-order chi connectivity index (χ0) is 14.2. The van der Waals surface area contributed by atoms with E-state index in [1.807, 2.05) is 11.3 Å². The van der Waals surface area contributed by atoms with E-state index < -0.39 is 0 Å². The van der Waals surface area contributed by atoms with Gasteiger partial charge < -0.3 is 5.32 Å². The highest BCUT2D eigenvalue weighted by molar-refractivity contribution is 9.10. The van der Waals surface area contributed by atoms with Crippen LogP contribution >= 0.6 is 27.3 Å². The van der Waals surface area contributed by atoms with Gasteiger partial charge in [-0.2, -0.15) is 0 Å². The van der Waals surface area contributed by atoms with Gasteiger partial charge >= 0.3 is 0 Å². The molecule has 0 radical (unpaired) electrons. The lowest BCUT2D eigenvalue weighted by Gasteiger charge is -2.18. The minimum absolute atomic E-state index is 0.594. The lowest BCUT2D eigenvalue weighted by atomic mass is 9.94. The van der Waals surface area contributed by atoms with Crippen LogP contribution < -0.4 is 5.32 Å². The predicted octanol–water partition coefficient (Wildman–Crippen LogP) is 5.23. The first kappa shape index (κ1) is 15.7. The van der Waals surface area contributed by atoms with E-state index in [1.165, 1.54) is 27.8 Å². The van der Waals surface area contributed by atoms with Crippen molar-refractivity contribution >= 4 is 27.3 Å². The fraction of sp³-hybridized carbons (Fsp3) is 0.412. The number of thiophene rings is 1. The first-order valence-corrected chi connectivity index (χ1v) is 8.96. The molecule has 0 fully saturated rings. The number of halogens is 1. The van der Waals surface area contributed by atoms with E-state index in [4.69, 9.17) is 0 Å². The minimum Gasteiger partial charge on any atom is -0.316 e. The predicted molar refractivity (Wildman–Crippen MR) is 92.7 cm³/mol. The molecule has 108 valence electrons. The Balaban J connectivity index is 1.97. The summed E-state index contributed by atoms with van der Waals surface area (Å²) in [4.78, 5) is 1.46. The average molecular weight is 352 g/mol. The number of hydrogen-bond acceptors (Lipinski definition) is 2. The molecule has 0 aliphatic rings. The van der Waals surface area contributed by atoms with Crippen molar-refractivity contribution in [2.45, 2.75) is 32.1 Å². The fourth-order valence-corrected chi connectivity index (χ4v) is 3.94. The standard InChI is InChI=1S/C17H22BrNS/c1-2-11-19-13-15(14-6-4-3-5-7-14)8-9-17-16(18)10-12-20-17/h3-7,10,12,15,19H,2,8-9,11,13H2,1H3. The van der Waals surface area contributed by atoms with E-state index >= 15 is 0 Å². The lowest BCUT2D eigenvalue weighted by molar-refractivity contribution is 0.550. The van der Waals surface area contributed by atoms with Crippen LogP contribution in [0.5, 0.6) is 0 Å². The molecular weight excluding hydrogens is 330 g/mol. The summed E-state index contributed by atoms with van der Waals surface area (Å²) < 4.78 is 1.26. The molecule has 1 nitrogen and oxygen atoms in total. The third-order valence-electron chi connectivity index (χ3n) is 3.50. The first-order valence-electron chi connectivity index (χ1n) is 7.28. The molecule has 0 aliphatic carbocycles. The maximum atomic E-state index is 3.63. The van der Waals surface area contributed by atoms with Crippen LogP contribution in [0.4, 0.5) is 0 Å².